The van der Waals surface area contributed by atoms with Gasteiger partial charge in [0.05, 0.1) is 0 Å². The van der Waals surface area contributed by atoms with E-state index in [1.54, 1.807) is 52.1 Å². The zero-order valence-electron chi connectivity index (χ0n) is 23.3. The van der Waals surface area contributed by atoms with Gasteiger partial charge >= 0.3 is 6.09 Å². The highest BCUT2D eigenvalue weighted by atomic mass is 16.6. The van der Waals surface area contributed by atoms with E-state index in [2.05, 4.69) is 17.2 Å². The SMILES string of the molecule is C=Cc1cccc(C(C(=O)NC(C)CCC)N(C)C(=O)C(Cc2ccc(O)cc2)NC(=O)OC(C)(C)C)c1. The molecule has 2 aromatic rings. The largest absolute Gasteiger partial charge is 0.508 e. The summed E-state index contributed by atoms with van der Waals surface area (Å²) in [6.07, 6.45) is 2.77. The Morgan fingerprint density at radius 2 is 1.76 bits per heavy atom. The maximum absolute atomic E-state index is 13.9. The summed E-state index contributed by atoms with van der Waals surface area (Å²) in [6.45, 7) is 13.0. The van der Waals surface area contributed by atoms with Crippen LogP contribution in [0.2, 0.25) is 0 Å². The fraction of sp³-hybridized carbons (Fsp3) is 0.433. The molecule has 0 heterocycles. The van der Waals surface area contributed by atoms with Crippen molar-refractivity contribution in [1.82, 2.24) is 15.5 Å². The molecule has 0 aliphatic rings. The highest BCUT2D eigenvalue weighted by molar-refractivity contribution is 5.92. The van der Waals surface area contributed by atoms with E-state index in [1.807, 2.05) is 32.0 Å². The molecule has 0 saturated carbocycles. The number of nitrogens with one attached hydrogen (secondary N) is 2. The molecule has 0 radical (unpaired) electrons. The molecular formula is C30H41N3O5. The van der Waals surface area contributed by atoms with Gasteiger partial charge in [-0.25, -0.2) is 4.79 Å². The quantitative estimate of drug-likeness (QED) is 0.385. The molecule has 206 valence electrons. The van der Waals surface area contributed by atoms with Crippen molar-refractivity contribution in [2.24, 2.45) is 0 Å². The molecule has 2 aromatic carbocycles. The molecule has 38 heavy (non-hydrogen) atoms. The second-order valence-corrected chi connectivity index (χ2v) is 10.5. The van der Waals surface area contributed by atoms with Crippen molar-refractivity contribution in [3.8, 4) is 5.75 Å². The van der Waals surface area contributed by atoms with Crippen molar-refractivity contribution in [3.05, 3.63) is 71.8 Å². The van der Waals surface area contributed by atoms with Crippen LogP contribution >= 0.6 is 0 Å². The molecule has 0 aliphatic heterocycles. The Morgan fingerprint density at radius 1 is 1.11 bits per heavy atom. The third-order valence-corrected chi connectivity index (χ3v) is 5.92. The number of phenols is 1. The molecule has 0 fully saturated rings. The highest BCUT2D eigenvalue weighted by Gasteiger charge is 2.34. The number of benzene rings is 2. The Bertz CT molecular complexity index is 1110. The van der Waals surface area contributed by atoms with E-state index in [0.717, 1.165) is 24.0 Å². The van der Waals surface area contributed by atoms with Crippen LogP contribution in [0.15, 0.2) is 55.1 Å². The van der Waals surface area contributed by atoms with E-state index < -0.39 is 29.7 Å². The van der Waals surface area contributed by atoms with Gasteiger partial charge in [-0.1, -0.05) is 56.3 Å². The summed E-state index contributed by atoms with van der Waals surface area (Å²) in [5, 5.41) is 15.4. The minimum atomic E-state index is -1.02. The standard InChI is InChI=1S/C30H41N3O5/c1-8-11-20(3)31-27(35)26(23-13-10-12-21(9-2)18-23)33(7)28(36)25(32-29(37)38-30(4,5)6)19-22-14-16-24(34)17-15-22/h9-10,12-18,20,25-26,34H,2,8,11,19H2,1,3-7H3,(H,31,35)(H,32,37). The van der Waals surface area contributed by atoms with E-state index in [1.165, 1.54) is 17.0 Å². The lowest BCUT2D eigenvalue weighted by Crippen LogP contribution is -2.53. The van der Waals surface area contributed by atoms with Crippen LogP contribution in [0.3, 0.4) is 0 Å². The predicted octanol–water partition coefficient (Wildman–Crippen LogP) is 4.98. The lowest BCUT2D eigenvalue weighted by Gasteiger charge is -2.32. The van der Waals surface area contributed by atoms with Gasteiger partial charge in [-0.3, -0.25) is 9.59 Å². The lowest BCUT2D eigenvalue weighted by atomic mass is 9.99. The molecular weight excluding hydrogens is 482 g/mol. The van der Waals surface area contributed by atoms with Gasteiger partial charge < -0.3 is 25.4 Å². The van der Waals surface area contributed by atoms with Crippen LogP contribution in [-0.2, 0) is 20.7 Å². The zero-order chi connectivity index (χ0) is 28.5. The number of hydrogen-bond acceptors (Lipinski definition) is 5. The predicted molar refractivity (Wildman–Crippen MR) is 150 cm³/mol. The van der Waals surface area contributed by atoms with Crippen LogP contribution in [0.25, 0.3) is 6.08 Å². The van der Waals surface area contributed by atoms with Gasteiger partial charge in [-0.05, 0) is 69.0 Å². The molecule has 2 rings (SSSR count). The third kappa shape index (κ3) is 9.25. The molecule has 8 nitrogen and oxygen atoms in total. The average Bonchev–Trinajstić information content (AvgIpc) is 2.83. The summed E-state index contributed by atoms with van der Waals surface area (Å²) < 4.78 is 5.41. The number of carbonyl (C=O) groups is 3. The zero-order valence-corrected chi connectivity index (χ0v) is 23.3. The summed E-state index contributed by atoms with van der Waals surface area (Å²) in [7, 11) is 1.55. The van der Waals surface area contributed by atoms with E-state index in [-0.39, 0.29) is 24.1 Å². The summed E-state index contributed by atoms with van der Waals surface area (Å²) >= 11 is 0. The molecule has 8 heteroatoms. The van der Waals surface area contributed by atoms with Crippen LogP contribution in [0.5, 0.6) is 5.75 Å². The number of rotatable bonds is 11. The van der Waals surface area contributed by atoms with E-state index in [9.17, 15) is 19.5 Å². The van der Waals surface area contributed by atoms with Crippen molar-refractivity contribution in [2.45, 2.75) is 77.6 Å². The molecule has 0 spiro atoms. The lowest BCUT2D eigenvalue weighted by molar-refractivity contribution is -0.141. The third-order valence-electron chi connectivity index (χ3n) is 5.92. The first kappa shape index (κ1) is 30.4. The molecule has 3 N–H and O–H groups in total. The number of phenolic OH excluding ortho intramolecular Hbond substituents is 1. The number of ether oxygens (including phenoxy) is 1. The first-order valence-corrected chi connectivity index (χ1v) is 12.9. The number of amides is 3. The Labute approximate surface area is 226 Å². The van der Waals surface area contributed by atoms with Crippen LogP contribution in [0.4, 0.5) is 4.79 Å². The van der Waals surface area contributed by atoms with E-state index in [0.29, 0.717) is 5.56 Å². The van der Waals surface area contributed by atoms with Crippen molar-refractivity contribution >= 4 is 24.0 Å². The maximum Gasteiger partial charge on any atom is 0.408 e. The molecule has 3 amide bonds. The van der Waals surface area contributed by atoms with E-state index in [4.69, 9.17) is 4.74 Å². The normalized spacial score (nSPS) is 13.5. The minimum absolute atomic E-state index is 0.0752. The summed E-state index contributed by atoms with van der Waals surface area (Å²) in [5.41, 5.74) is 1.40. The van der Waals surface area contributed by atoms with Crippen LogP contribution in [0.1, 0.15) is 70.2 Å². The summed E-state index contributed by atoms with van der Waals surface area (Å²) in [5.74, 6) is -0.686. The number of aromatic hydroxyl groups is 1. The van der Waals surface area contributed by atoms with Gasteiger partial charge in [0.25, 0.3) is 0 Å². The highest BCUT2D eigenvalue weighted by Crippen LogP contribution is 2.24. The smallest absolute Gasteiger partial charge is 0.408 e. The molecule has 3 atom stereocenters. The molecule has 0 saturated heterocycles. The van der Waals surface area contributed by atoms with Gasteiger partial charge in [-0.2, -0.15) is 0 Å². The first-order valence-electron chi connectivity index (χ1n) is 12.9. The second-order valence-electron chi connectivity index (χ2n) is 10.5. The number of hydrogen-bond donors (Lipinski definition) is 3. The minimum Gasteiger partial charge on any atom is -0.508 e. The Morgan fingerprint density at radius 3 is 2.34 bits per heavy atom. The number of carbonyl (C=O) groups excluding carboxylic acids is 3. The van der Waals surface area contributed by atoms with Crippen molar-refractivity contribution in [3.63, 3.8) is 0 Å². The van der Waals surface area contributed by atoms with Gasteiger partial charge in [0.1, 0.15) is 23.4 Å². The Kier molecular flexibility index (Phi) is 10.9. The fourth-order valence-corrected chi connectivity index (χ4v) is 4.12. The van der Waals surface area contributed by atoms with Crippen LogP contribution < -0.4 is 10.6 Å². The van der Waals surface area contributed by atoms with Crippen molar-refractivity contribution < 1.29 is 24.2 Å². The molecule has 0 aromatic heterocycles. The summed E-state index contributed by atoms with van der Waals surface area (Å²) in [4.78, 5) is 41.5. The second kappa shape index (κ2) is 13.7. The van der Waals surface area contributed by atoms with E-state index >= 15 is 0 Å². The van der Waals surface area contributed by atoms with Gasteiger partial charge in [0.15, 0.2) is 0 Å². The monoisotopic (exact) mass is 523 g/mol. The Hall–Kier alpha value is -3.81. The van der Waals surface area contributed by atoms with Crippen LogP contribution in [0, 0.1) is 0 Å². The first-order chi connectivity index (χ1) is 17.8. The summed E-state index contributed by atoms with van der Waals surface area (Å²) in [6, 6.07) is 11.6. The molecule has 0 bridgehead atoms. The maximum atomic E-state index is 13.9. The van der Waals surface area contributed by atoms with Gasteiger partial charge in [0, 0.05) is 19.5 Å². The van der Waals surface area contributed by atoms with Gasteiger partial charge in [-0.15, -0.1) is 0 Å². The van der Waals surface area contributed by atoms with Crippen molar-refractivity contribution in [1.29, 1.82) is 0 Å². The average molecular weight is 524 g/mol. The fourth-order valence-electron chi connectivity index (χ4n) is 4.12. The van der Waals surface area contributed by atoms with Crippen LogP contribution in [-0.4, -0.2) is 52.6 Å². The molecule has 3 unspecified atom stereocenters. The van der Waals surface area contributed by atoms with Crippen molar-refractivity contribution in [2.75, 3.05) is 7.05 Å². The molecule has 0 aliphatic carbocycles. The number of alkyl carbamates (subject to hydrolysis) is 1. The number of nitrogens with zero attached hydrogens (tertiary/aromatic N) is 1. The van der Waals surface area contributed by atoms with Gasteiger partial charge in [0.2, 0.25) is 11.8 Å². The topological polar surface area (TPSA) is 108 Å². The number of likely N-dealkylation sites (N-methyl/N-ethyl adjacent to an activating group) is 1. The Balaban J connectivity index is 2.44.